The first kappa shape index (κ1) is 24.2. The van der Waals surface area contributed by atoms with Crippen molar-refractivity contribution < 1.29 is 33.0 Å². The molecular formula is C28H22ClNO8. The van der Waals surface area contributed by atoms with Crippen molar-refractivity contribution in [3.63, 3.8) is 0 Å². The van der Waals surface area contributed by atoms with E-state index in [-0.39, 0.29) is 63.1 Å². The number of methoxy groups -OCH3 is 2. The van der Waals surface area contributed by atoms with E-state index in [0.29, 0.717) is 16.7 Å². The summed E-state index contributed by atoms with van der Waals surface area (Å²) < 4.78 is 22.6. The van der Waals surface area contributed by atoms with Crippen LogP contribution in [0.5, 0.6) is 17.2 Å². The van der Waals surface area contributed by atoms with E-state index < -0.39 is 29.0 Å². The Bertz CT molecular complexity index is 1670. The number of hydrogen-bond acceptors (Lipinski definition) is 8. The highest BCUT2D eigenvalue weighted by atomic mass is 35.5. The molecule has 10 heteroatoms. The Morgan fingerprint density at radius 3 is 2.50 bits per heavy atom. The zero-order chi connectivity index (χ0) is 26.9. The number of para-hydroxylation sites is 1. The summed E-state index contributed by atoms with van der Waals surface area (Å²) in [5.74, 6) is -2.80. The Balaban J connectivity index is 1.53. The van der Waals surface area contributed by atoms with Crippen LogP contribution in [0.15, 0.2) is 57.1 Å². The number of rotatable bonds is 3. The molecule has 3 aliphatic rings. The predicted molar refractivity (Wildman–Crippen MR) is 136 cm³/mol. The number of ether oxygens (including phenoxy) is 3. The zero-order valence-corrected chi connectivity index (χ0v) is 21.4. The Morgan fingerprint density at radius 1 is 1.03 bits per heavy atom. The summed E-state index contributed by atoms with van der Waals surface area (Å²) in [6, 6.07) is 8.20. The highest BCUT2D eigenvalue weighted by Gasteiger charge is 2.63. The Labute approximate surface area is 221 Å². The van der Waals surface area contributed by atoms with Crippen molar-refractivity contribution >= 4 is 40.0 Å². The molecule has 1 aliphatic carbocycles. The molecule has 3 heterocycles. The molecule has 0 saturated carbocycles. The standard InChI is InChI=1S/C28H22ClNO8/c1-12-8-16-21(14(9-20(31)30-16)15-11-37-17-7-5-4-6-13(17)24(15)32)26(33)28(12)27(34)22-18(35-2)10-19(36-3)23(29)25(22)38-28/h4-7,10-12,14H,8-9H2,1-3H3,(H,30,31)/t12-,14?,28+/m1/s1. The second-order valence-electron chi connectivity index (χ2n) is 9.61. The maximum Gasteiger partial charge on any atom is 0.236 e. The summed E-state index contributed by atoms with van der Waals surface area (Å²) in [7, 11) is 2.80. The van der Waals surface area contributed by atoms with Crippen LogP contribution in [-0.2, 0) is 9.59 Å². The van der Waals surface area contributed by atoms with Gasteiger partial charge < -0.3 is 23.9 Å². The van der Waals surface area contributed by atoms with Crippen molar-refractivity contribution in [1.29, 1.82) is 0 Å². The molecule has 3 aromatic rings. The highest BCUT2D eigenvalue weighted by Crippen LogP contribution is 2.55. The van der Waals surface area contributed by atoms with Crippen molar-refractivity contribution in [1.82, 2.24) is 5.32 Å². The van der Waals surface area contributed by atoms with Gasteiger partial charge in [-0.25, -0.2) is 0 Å². The SMILES string of the molecule is COc1cc(OC)c2c(c1Cl)O[C@@]1(C(=O)C3=C(C[C@H]1C)NC(=O)CC3c1coc3ccccc3c1=O)C2=O. The molecule has 194 valence electrons. The first-order valence-corrected chi connectivity index (χ1v) is 12.4. The molecule has 1 spiro atoms. The predicted octanol–water partition coefficient (Wildman–Crippen LogP) is 3.94. The molecule has 1 unspecified atom stereocenters. The number of allylic oxidation sites excluding steroid dienone is 1. The third-order valence-electron chi connectivity index (χ3n) is 7.64. The molecule has 0 fully saturated rings. The average molecular weight is 536 g/mol. The molecule has 0 saturated heterocycles. The topological polar surface area (TPSA) is 121 Å². The van der Waals surface area contributed by atoms with E-state index in [1.165, 1.54) is 26.5 Å². The number of hydrogen-bond donors (Lipinski definition) is 1. The van der Waals surface area contributed by atoms with Crippen LogP contribution in [0.3, 0.4) is 0 Å². The van der Waals surface area contributed by atoms with Crippen LogP contribution in [0.2, 0.25) is 5.02 Å². The fourth-order valence-electron chi connectivity index (χ4n) is 5.79. The molecule has 1 aromatic heterocycles. The molecule has 1 N–H and O–H groups in total. The first-order chi connectivity index (χ1) is 18.2. The minimum atomic E-state index is -1.96. The van der Waals surface area contributed by atoms with E-state index in [1.807, 2.05) is 0 Å². The number of fused-ring (bicyclic) bond motifs is 2. The Morgan fingerprint density at radius 2 is 1.76 bits per heavy atom. The normalized spacial score (nSPS) is 24.3. The van der Waals surface area contributed by atoms with Crippen LogP contribution < -0.4 is 25.0 Å². The molecule has 38 heavy (non-hydrogen) atoms. The summed E-state index contributed by atoms with van der Waals surface area (Å²) in [4.78, 5) is 54.6. The number of ketones is 2. The smallest absolute Gasteiger partial charge is 0.236 e. The number of benzene rings is 2. The highest BCUT2D eigenvalue weighted by molar-refractivity contribution is 6.36. The van der Waals surface area contributed by atoms with Gasteiger partial charge in [0.2, 0.25) is 23.1 Å². The maximum absolute atomic E-state index is 14.4. The summed E-state index contributed by atoms with van der Waals surface area (Å²) in [6.07, 6.45) is 1.27. The van der Waals surface area contributed by atoms with E-state index in [2.05, 4.69) is 5.32 Å². The van der Waals surface area contributed by atoms with Gasteiger partial charge in [0.1, 0.15) is 27.7 Å². The number of amides is 1. The van der Waals surface area contributed by atoms with Gasteiger partial charge in [0.05, 0.1) is 25.9 Å². The third kappa shape index (κ3) is 3.11. The monoisotopic (exact) mass is 535 g/mol. The summed E-state index contributed by atoms with van der Waals surface area (Å²) in [6.45, 7) is 1.70. The van der Waals surface area contributed by atoms with Gasteiger partial charge >= 0.3 is 0 Å². The Hall–Kier alpha value is -4.11. The van der Waals surface area contributed by atoms with Crippen LogP contribution in [0.4, 0.5) is 0 Å². The number of carbonyl (C=O) groups excluding carboxylic acids is 3. The molecule has 6 rings (SSSR count). The van der Waals surface area contributed by atoms with E-state index in [0.717, 1.165) is 0 Å². The van der Waals surface area contributed by atoms with E-state index >= 15 is 0 Å². The largest absolute Gasteiger partial charge is 0.496 e. The average Bonchev–Trinajstić information content (AvgIpc) is 3.22. The van der Waals surface area contributed by atoms with Gasteiger partial charge in [0.15, 0.2) is 11.2 Å². The van der Waals surface area contributed by atoms with Gasteiger partial charge in [0.25, 0.3) is 0 Å². The number of carbonyl (C=O) groups is 3. The van der Waals surface area contributed by atoms with Crippen LogP contribution in [0.25, 0.3) is 11.0 Å². The van der Waals surface area contributed by atoms with Crippen molar-refractivity contribution in [3.05, 3.63) is 74.2 Å². The summed E-state index contributed by atoms with van der Waals surface area (Å²) in [5.41, 5.74) is -1.21. The van der Waals surface area contributed by atoms with Gasteiger partial charge in [0, 0.05) is 41.2 Å². The second-order valence-corrected chi connectivity index (χ2v) is 9.99. The summed E-state index contributed by atoms with van der Waals surface area (Å²) >= 11 is 6.51. The summed E-state index contributed by atoms with van der Waals surface area (Å²) in [5, 5.41) is 3.15. The molecular weight excluding hydrogens is 514 g/mol. The van der Waals surface area contributed by atoms with Crippen molar-refractivity contribution in [2.45, 2.75) is 31.3 Å². The molecule has 0 bridgehead atoms. The number of nitrogens with one attached hydrogen (secondary N) is 1. The molecule has 9 nitrogen and oxygen atoms in total. The van der Waals surface area contributed by atoms with Crippen LogP contribution in [-0.4, -0.2) is 37.3 Å². The van der Waals surface area contributed by atoms with Crippen LogP contribution in [0.1, 0.15) is 41.6 Å². The van der Waals surface area contributed by atoms with Crippen LogP contribution in [0, 0.1) is 5.92 Å². The lowest BCUT2D eigenvalue weighted by atomic mass is 9.66. The molecule has 0 radical (unpaired) electrons. The zero-order valence-electron chi connectivity index (χ0n) is 20.7. The second kappa shape index (κ2) is 8.46. The van der Waals surface area contributed by atoms with Crippen molar-refractivity contribution in [2.75, 3.05) is 14.2 Å². The van der Waals surface area contributed by atoms with Crippen molar-refractivity contribution in [3.8, 4) is 17.2 Å². The lowest BCUT2D eigenvalue weighted by molar-refractivity contribution is -0.131. The fraction of sp³-hybridized carbons (Fsp3) is 0.286. The van der Waals surface area contributed by atoms with Gasteiger partial charge in [-0.3, -0.25) is 19.2 Å². The number of halogens is 1. The molecule has 2 aromatic carbocycles. The molecule has 1 amide bonds. The van der Waals surface area contributed by atoms with Gasteiger partial charge in [-0.05, 0) is 18.6 Å². The lowest BCUT2D eigenvalue weighted by Gasteiger charge is -2.41. The maximum atomic E-state index is 14.4. The first-order valence-electron chi connectivity index (χ1n) is 12.0. The molecule has 2 aliphatic heterocycles. The van der Waals surface area contributed by atoms with Crippen LogP contribution >= 0.6 is 11.6 Å². The lowest BCUT2D eigenvalue weighted by Crippen LogP contribution is -2.59. The third-order valence-corrected chi connectivity index (χ3v) is 8.00. The minimum absolute atomic E-state index is 0.00118. The minimum Gasteiger partial charge on any atom is -0.496 e. The molecule has 3 atom stereocenters. The quantitative estimate of drug-likeness (QED) is 0.500. The fourth-order valence-corrected chi connectivity index (χ4v) is 6.05. The van der Waals surface area contributed by atoms with Gasteiger partial charge in [-0.15, -0.1) is 0 Å². The van der Waals surface area contributed by atoms with E-state index in [1.54, 1.807) is 31.2 Å². The van der Waals surface area contributed by atoms with E-state index in [4.69, 9.17) is 30.2 Å². The van der Waals surface area contributed by atoms with Gasteiger partial charge in [-0.2, -0.15) is 0 Å². The number of Topliss-reactive ketones (excluding diaryl/α,β-unsaturated/α-hetero) is 2. The Kier molecular flexibility index (Phi) is 5.39. The van der Waals surface area contributed by atoms with E-state index in [9.17, 15) is 19.2 Å². The van der Waals surface area contributed by atoms with Gasteiger partial charge in [-0.1, -0.05) is 30.7 Å². The van der Waals surface area contributed by atoms with Crippen molar-refractivity contribution in [2.24, 2.45) is 5.92 Å².